The fourth-order valence-electron chi connectivity index (χ4n) is 1.49. The van der Waals surface area contributed by atoms with Crippen molar-refractivity contribution in [3.8, 4) is 0 Å². The maximum atomic E-state index is 11.2. The van der Waals surface area contributed by atoms with Crippen molar-refractivity contribution in [2.45, 2.75) is 46.1 Å². The number of carbonyl (C=O) groups excluding carboxylic acids is 1. The molecule has 0 heterocycles. The van der Waals surface area contributed by atoms with Gasteiger partial charge in [-0.05, 0) is 32.6 Å². The molecule has 19 heavy (non-hydrogen) atoms. The highest BCUT2D eigenvalue weighted by atomic mass is 32.3. The van der Waals surface area contributed by atoms with Crippen LogP contribution in [0, 0.1) is 5.92 Å². The van der Waals surface area contributed by atoms with E-state index in [1.807, 2.05) is 0 Å². The molecule has 0 rings (SSSR count). The van der Waals surface area contributed by atoms with Gasteiger partial charge in [0.25, 0.3) is 0 Å². The molecule has 2 atom stereocenters. The third kappa shape index (κ3) is 6.70. The van der Waals surface area contributed by atoms with E-state index in [0.717, 1.165) is 0 Å². The van der Waals surface area contributed by atoms with E-state index in [1.165, 1.54) is 0 Å². The molecule has 0 saturated heterocycles. The van der Waals surface area contributed by atoms with Gasteiger partial charge in [0.15, 0.2) is 0 Å². The van der Waals surface area contributed by atoms with Crippen molar-refractivity contribution in [1.29, 1.82) is 0 Å². The minimum Gasteiger partial charge on any atom is -0.462 e. The van der Waals surface area contributed by atoms with Gasteiger partial charge in [-0.15, -0.1) is 0 Å². The molecule has 7 heteroatoms. The summed E-state index contributed by atoms with van der Waals surface area (Å²) >= 11 is 0. The van der Waals surface area contributed by atoms with Crippen LogP contribution in [0.5, 0.6) is 0 Å². The van der Waals surface area contributed by atoms with E-state index in [1.54, 1.807) is 27.7 Å². The maximum absolute atomic E-state index is 11.2. The molecule has 0 amide bonds. The Kier molecular flexibility index (Phi) is 6.68. The van der Waals surface area contributed by atoms with Crippen LogP contribution in [0.25, 0.3) is 0 Å². The van der Waals surface area contributed by atoms with Crippen molar-refractivity contribution < 1.29 is 26.7 Å². The Balaban J connectivity index is 4.48. The predicted octanol–water partition coefficient (Wildman–Crippen LogP) is 2.12. The molecule has 2 unspecified atom stereocenters. The third-order valence-electron chi connectivity index (χ3n) is 3.17. The summed E-state index contributed by atoms with van der Waals surface area (Å²) in [5, 5.41) is 0. The Bertz CT molecular complexity index is 428. The highest BCUT2D eigenvalue weighted by Gasteiger charge is 2.35. The minimum atomic E-state index is -4.52. The highest BCUT2D eigenvalue weighted by Crippen LogP contribution is 2.29. The number of hydrogen-bond donors (Lipinski definition) is 1. The average molecular weight is 294 g/mol. The van der Waals surface area contributed by atoms with E-state index in [2.05, 4.69) is 6.58 Å². The van der Waals surface area contributed by atoms with Crippen LogP contribution in [-0.2, 0) is 24.1 Å². The Labute approximate surface area is 114 Å². The molecule has 0 saturated carbocycles. The van der Waals surface area contributed by atoms with E-state index in [9.17, 15) is 13.2 Å². The molecule has 0 aliphatic heterocycles. The summed E-state index contributed by atoms with van der Waals surface area (Å²) in [6, 6.07) is 0. The van der Waals surface area contributed by atoms with Gasteiger partial charge in [-0.3, -0.25) is 4.55 Å². The topological polar surface area (TPSA) is 89.9 Å². The molecular formula is C12H22O6S. The van der Waals surface area contributed by atoms with Gasteiger partial charge in [0.2, 0.25) is 0 Å². The minimum absolute atomic E-state index is 0.136. The molecular weight excluding hydrogens is 272 g/mol. The van der Waals surface area contributed by atoms with Crippen molar-refractivity contribution in [2.24, 2.45) is 5.92 Å². The smallest absolute Gasteiger partial charge is 0.397 e. The normalized spacial score (nSPS) is 16.5. The second-order valence-corrected chi connectivity index (χ2v) is 5.81. The first-order valence-corrected chi connectivity index (χ1v) is 7.39. The lowest BCUT2D eigenvalue weighted by atomic mass is 9.86. The van der Waals surface area contributed by atoms with Gasteiger partial charge in [0, 0.05) is 5.57 Å². The van der Waals surface area contributed by atoms with E-state index < -0.39 is 22.0 Å². The zero-order valence-electron chi connectivity index (χ0n) is 11.8. The van der Waals surface area contributed by atoms with Gasteiger partial charge in [0.1, 0.15) is 0 Å². The summed E-state index contributed by atoms with van der Waals surface area (Å²) in [5.41, 5.74) is -0.733. The van der Waals surface area contributed by atoms with Gasteiger partial charge in [-0.25, -0.2) is 8.98 Å². The monoisotopic (exact) mass is 294 g/mol. The summed E-state index contributed by atoms with van der Waals surface area (Å²) in [6.07, 6.45) is 0.807. The average Bonchev–Trinajstić information content (AvgIpc) is 2.26. The fourth-order valence-corrected chi connectivity index (χ4v) is 2.25. The van der Waals surface area contributed by atoms with Crippen LogP contribution < -0.4 is 0 Å². The zero-order chi connectivity index (χ0) is 15.3. The summed E-state index contributed by atoms with van der Waals surface area (Å²) in [6.45, 7) is 10.2. The molecule has 0 aliphatic rings. The quantitative estimate of drug-likeness (QED) is 0.419. The van der Waals surface area contributed by atoms with Gasteiger partial charge in [0.05, 0.1) is 12.2 Å². The molecule has 0 aromatic rings. The lowest BCUT2D eigenvalue weighted by molar-refractivity contribution is -0.139. The highest BCUT2D eigenvalue weighted by molar-refractivity contribution is 7.80. The first kappa shape index (κ1) is 18.1. The molecule has 0 aromatic carbocycles. The van der Waals surface area contributed by atoms with Crippen molar-refractivity contribution >= 4 is 16.4 Å². The molecule has 6 nitrogen and oxygen atoms in total. The maximum Gasteiger partial charge on any atom is 0.397 e. The molecule has 0 bridgehead atoms. The van der Waals surface area contributed by atoms with E-state index >= 15 is 0 Å². The van der Waals surface area contributed by atoms with Gasteiger partial charge < -0.3 is 4.74 Å². The summed E-state index contributed by atoms with van der Waals surface area (Å²) in [7, 11) is -4.52. The van der Waals surface area contributed by atoms with Gasteiger partial charge in [-0.2, -0.15) is 8.42 Å². The van der Waals surface area contributed by atoms with Crippen LogP contribution in [0.2, 0.25) is 0 Å². The number of esters is 1. The van der Waals surface area contributed by atoms with Crippen LogP contribution in [0.15, 0.2) is 12.2 Å². The zero-order valence-corrected chi connectivity index (χ0v) is 12.6. The Morgan fingerprint density at radius 3 is 2.37 bits per heavy atom. The van der Waals surface area contributed by atoms with Crippen LogP contribution in [0.4, 0.5) is 0 Å². The standard InChI is InChI=1S/C12H22O6S/c1-6-12(5,18-19(14,15)16)10(4)7-8-17-11(13)9(2)3/h10H,2,6-8H2,1,3-5H3,(H,14,15,16). The van der Waals surface area contributed by atoms with Gasteiger partial charge >= 0.3 is 16.4 Å². The van der Waals surface area contributed by atoms with Crippen LogP contribution >= 0.6 is 0 Å². The van der Waals surface area contributed by atoms with Crippen LogP contribution in [0.3, 0.4) is 0 Å². The molecule has 0 aliphatic carbocycles. The van der Waals surface area contributed by atoms with Crippen molar-refractivity contribution in [3.63, 3.8) is 0 Å². The van der Waals surface area contributed by atoms with Crippen molar-refractivity contribution in [1.82, 2.24) is 0 Å². The second-order valence-electron chi connectivity index (χ2n) is 4.78. The van der Waals surface area contributed by atoms with Crippen LogP contribution in [-0.4, -0.2) is 31.1 Å². The lowest BCUT2D eigenvalue weighted by Gasteiger charge is -2.32. The van der Waals surface area contributed by atoms with Gasteiger partial charge in [-0.1, -0.05) is 20.4 Å². The number of ether oxygens (including phenoxy) is 1. The Morgan fingerprint density at radius 2 is 2.00 bits per heavy atom. The molecule has 0 aromatic heterocycles. The van der Waals surface area contributed by atoms with E-state index in [4.69, 9.17) is 13.5 Å². The first-order chi connectivity index (χ1) is 8.52. The molecule has 0 spiro atoms. The van der Waals surface area contributed by atoms with E-state index in [0.29, 0.717) is 18.4 Å². The number of hydrogen-bond acceptors (Lipinski definition) is 5. The molecule has 0 fully saturated rings. The van der Waals surface area contributed by atoms with E-state index in [-0.39, 0.29) is 12.5 Å². The molecule has 112 valence electrons. The van der Waals surface area contributed by atoms with Crippen molar-refractivity contribution in [3.05, 3.63) is 12.2 Å². The SMILES string of the molecule is C=C(C)C(=O)OCCC(C)C(C)(CC)OS(=O)(=O)O. The molecule has 1 N–H and O–H groups in total. The fraction of sp³-hybridized carbons (Fsp3) is 0.750. The summed E-state index contributed by atoms with van der Waals surface area (Å²) < 4.78 is 40.1. The lowest BCUT2D eigenvalue weighted by Crippen LogP contribution is -2.38. The Hall–Kier alpha value is -0.920. The summed E-state index contributed by atoms with van der Waals surface area (Å²) in [4.78, 5) is 11.2. The number of carbonyl (C=O) groups is 1. The molecule has 0 radical (unpaired) electrons. The third-order valence-corrected chi connectivity index (χ3v) is 3.76. The predicted molar refractivity (Wildman–Crippen MR) is 70.9 cm³/mol. The van der Waals surface area contributed by atoms with Crippen molar-refractivity contribution in [2.75, 3.05) is 6.61 Å². The number of rotatable bonds is 8. The first-order valence-electron chi connectivity index (χ1n) is 6.02. The van der Waals surface area contributed by atoms with Crippen LogP contribution in [0.1, 0.15) is 40.5 Å². The summed E-state index contributed by atoms with van der Waals surface area (Å²) in [5.74, 6) is -0.710. The Morgan fingerprint density at radius 1 is 1.47 bits per heavy atom. The second kappa shape index (κ2) is 7.02. The largest absolute Gasteiger partial charge is 0.462 e.